The van der Waals surface area contributed by atoms with Gasteiger partial charge in [-0.25, -0.2) is 0 Å². The third-order valence-electron chi connectivity index (χ3n) is 2.09. The molecule has 6 heteroatoms. The van der Waals surface area contributed by atoms with Crippen molar-refractivity contribution in [3.63, 3.8) is 0 Å². The molecule has 0 aliphatic rings. The molecule has 0 heterocycles. The molecule has 1 atom stereocenters. The topological polar surface area (TPSA) is 67.8 Å². The maximum Gasteiger partial charge on any atom is 0.257 e. The average Bonchev–Trinajstić information content (AvgIpc) is 2.43. The molecule has 0 saturated carbocycles. The number of aliphatic hydroxyl groups is 1. The minimum absolute atomic E-state index is 0.0261. The number of rotatable bonds is 7. The van der Waals surface area contributed by atoms with Crippen LogP contribution in [0.5, 0.6) is 11.5 Å². The second-order valence-electron chi connectivity index (χ2n) is 3.55. The number of carbonyl (C=O) groups excluding carboxylic acids is 1. The quantitative estimate of drug-likeness (QED) is 0.721. The van der Waals surface area contributed by atoms with Gasteiger partial charge in [0.15, 0.2) is 6.61 Å². The van der Waals surface area contributed by atoms with Crippen molar-refractivity contribution in [3.8, 4) is 11.5 Å². The summed E-state index contributed by atoms with van der Waals surface area (Å²) in [6.45, 7) is 0.115. The van der Waals surface area contributed by atoms with Crippen LogP contribution >= 0.6 is 11.6 Å². The Bertz CT molecular complexity index is 369. The van der Waals surface area contributed by atoms with Crippen LogP contribution in [0.15, 0.2) is 24.3 Å². The molecule has 1 aromatic rings. The van der Waals surface area contributed by atoms with Gasteiger partial charge < -0.3 is 19.9 Å². The predicted octanol–water partition coefficient (Wildman–Crippen LogP) is 0.790. The maximum atomic E-state index is 11.0. The summed E-state index contributed by atoms with van der Waals surface area (Å²) in [5, 5.41) is 11.7. The number of ether oxygens (including phenoxy) is 2. The van der Waals surface area contributed by atoms with Crippen molar-refractivity contribution >= 4 is 17.5 Å². The number of likely N-dealkylation sites (N-methyl/N-ethyl adjacent to an activating group) is 1. The van der Waals surface area contributed by atoms with E-state index in [9.17, 15) is 9.90 Å². The van der Waals surface area contributed by atoms with Crippen molar-refractivity contribution in [2.75, 3.05) is 26.1 Å². The molecule has 0 aliphatic carbocycles. The Labute approximate surface area is 111 Å². The van der Waals surface area contributed by atoms with Crippen molar-refractivity contribution < 1.29 is 19.4 Å². The fourth-order valence-corrected chi connectivity index (χ4v) is 1.18. The molecule has 1 amide bonds. The van der Waals surface area contributed by atoms with Crippen LogP contribution in [0.4, 0.5) is 0 Å². The number of nitrogens with one attached hydrogen (secondary N) is 1. The van der Waals surface area contributed by atoms with Gasteiger partial charge in [-0.2, -0.15) is 0 Å². The summed E-state index contributed by atoms with van der Waals surface area (Å²) in [4.78, 5) is 11.0. The zero-order chi connectivity index (χ0) is 13.4. The standard InChI is InChI=1S/C12H16ClNO4/c1-14-12(16)8-18-11-4-2-10(3-5-11)17-7-9(15)6-13/h2-5,9,15H,6-8H2,1H3,(H,14,16). The first-order chi connectivity index (χ1) is 8.65. The molecule has 0 aliphatic heterocycles. The largest absolute Gasteiger partial charge is 0.491 e. The van der Waals surface area contributed by atoms with Crippen molar-refractivity contribution in [2.45, 2.75) is 6.10 Å². The molecule has 5 nitrogen and oxygen atoms in total. The van der Waals surface area contributed by atoms with E-state index in [0.29, 0.717) is 11.5 Å². The number of halogens is 1. The molecule has 0 fully saturated rings. The third kappa shape index (κ3) is 5.25. The number of alkyl halides is 1. The van der Waals surface area contributed by atoms with Gasteiger partial charge in [0.25, 0.3) is 5.91 Å². The number of carbonyl (C=O) groups is 1. The lowest BCUT2D eigenvalue weighted by Gasteiger charge is -2.10. The molecule has 18 heavy (non-hydrogen) atoms. The molecule has 1 rings (SSSR count). The Morgan fingerprint density at radius 1 is 1.33 bits per heavy atom. The van der Waals surface area contributed by atoms with E-state index in [1.165, 1.54) is 0 Å². The van der Waals surface area contributed by atoms with Crippen LogP contribution in [0, 0.1) is 0 Å². The molecule has 100 valence electrons. The smallest absolute Gasteiger partial charge is 0.257 e. The number of amides is 1. The van der Waals surface area contributed by atoms with Crippen molar-refractivity contribution in [2.24, 2.45) is 0 Å². The first-order valence-corrected chi connectivity index (χ1v) is 5.99. The Morgan fingerprint density at radius 2 is 1.89 bits per heavy atom. The molecule has 0 radical (unpaired) electrons. The van der Waals surface area contributed by atoms with Gasteiger partial charge in [0, 0.05) is 7.05 Å². The van der Waals surface area contributed by atoms with Gasteiger partial charge in [-0.3, -0.25) is 4.79 Å². The van der Waals surface area contributed by atoms with Crippen molar-refractivity contribution in [1.82, 2.24) is 5.32 Å². The first-order valence-electron chi connectivity index (χ1n) is 5.46. The lowest BCUT2D eigenvalue weighted by Crippen LogP contribution is -2.24. The summed E-state index contributed by atoms with van der Waals surface area (Å²) in [5.41, 5.74) is 0. The van der Waals surface area contributed by atoms with E-state index in [2.05, 4.69) is 5.32 Å². The normalized spacial score (nSPS) is 11.7. The highest BCUT2D eigenvalue weighted by Gasteiger charge is 2.04. The van der Waals surface area contributed by atoms with E-state index >= 15 is 0 Å². The zero-order valence-corrected chi connectivity index (χ0v) is 10.8. The number of aliphatic hydroxyl groups excluding tert-OH is 1. The van der Waals surface area contributed by atoms with Crippen LogP contribution in [0.3, 0.4) is 0 Å². The number of hydrogen-bond acceptors (Lipinski definition) is 4. The summed E-state index contributed by atoms with van der Waals surface area (Å²) >= 11 is 5.44. The van der Waals surface area contributed by atoms with Gasteiger partial charge >= 0.3 is 0 Å². The van der Waals surface area contributed by atoms with E-state index in [-0.39, 0.29) is 25.0 Å². The fourth-order valence-electron chi connectivity index (χ4n) is 1.09. The van der Waals surface area contributed by atoms with Crippen molar-refractivity contribution in [1.29, 1.82) is 0 Å². The number of hydrogen-bond donors (Lipinski definition) is 2. The van der Waals surface area contributed by atoms with Gasteiger partial charge in [-0.1, -0.05) is 0 Å². The van der Waals surface area contributed by atoms with Crippen LogP contribution < -0.4 is 14.8 Å². The molecule has 1 unspecified atom stereocenters. The highest BCUT2D eigenvalue weighted by atomic mass is 35.5. The van der Waals surface area contributed by atoms with Gasteiger partial charge in [0.2, 0.25) is 0 Å². The van der Waals surface area contributed by atoms with Gasteiger partial charge in [0.1, 0.15) is 24.2 Å². The van der Waals surface area contributed by atoms with Crippen LogP contribution in [0.2, 0.25) is 0 Å². The second kappa shape index (κ2) is 7.79. The van der Waals surface area contributed by atoms with E-state index in [1.54, 1.807) is 31.3 Å². The molecular formula is C12H16ClNO4. The molecule has 0 bridgehead atoms. The minimum Gasteiger partial charge on any atom is -0.491 e. The summed E-state index contributed by atoms with van der Waals surface area (Å²) in [6, 6.07) is 6.76. The van der Waals surface area contributed by atoms with Crippen LogP contribution in [0.25, 0.3) is 0 Å². The van der Waals surface area contributed by atoms with Crippen molar-refractivity contribution in [3.05, 3.63) is 24.3 Å². The molecule has 1 aromatic carbocycles. The second-order valence-corrected chi connectivity index (χ2v) is 3.86. The molecular weight excluding hydrogens is 258 g/mol. The summed E-state index contributed by atoms with van der Waals surface area (Å²) in [5.74, 6) is 1.11. The third-order valence-corrected chi connectivity index (χ3v) is 2.45. The minimum atomic E-state index is -0.684. The van der Waals surface area contributed by atoms with Crippen LogP contribution in [-0.2, 0) is 4.79 Å². The van der Waals surface area contributed by atoms with E-state index in [4.69, 9.17) is 21.1 Å². The molecule has 0 saturated heterocycles. The van der Waals surface area contributed by atoms with E-state index < -0.39 is 6.10 Å². The lowest BCUT2D eigenvalue weighted by atomic mass is 10.3. The highest BCUT2D eigenvalue weighted by Crippen LogP contribution is 2.17. The summed E-state index contributed by atoms with van der Waals surface area (Å²) in [7, 11) is 1.55. The first kappa shape index (κ1) is 14.6. The average molecular weight is 274 g/mol. The Balaban J connectivity index is 2.40. The zero-order valence-electron chi connectivity index (χ0n) is 10.1. The van der Waals surface area contributed by atoms with Crippen LogP contribution in [-0.4, -0.2) is 43.3 Å². The predicted molar refractivity (Wildman–Crippen MR) is 68.2 cm³/mol. The summed E-state index contributed by atoms with van der Waals surface area (Å²) in [6.07, 6.45) is -0.684. The Hall–Kier alpha value is -1.46. The fraction of sp³-hybridized carbons (Fsp3) is 0.417. The monoisotopic (exact) mass is 273 g/mol. The molecule has 2 N–H and O–H groups in total. The van der Waals surface area contributed by atoms with Gasteiger partial charge in [0.05, 0.1) is 5.88 Å². The van der Waals surface area contributed by atoms with Crippen LogP contribution in [0.1, 0.15) is 0 Å². The summed E-state index contributed by atoms with van der Waals surface area (Å²) < 4.78 is 10.5. The van der Waals surface area contributed by atoms with Gasteiger partial charge in [-0.05, 0) is 24.3 Å². The SMILES string of the molecule is CNC(=O)COc1ccc(OCC(O)CCl)cc1. The Kier molecular flexibility index (Phi) is 6.32. The van der Waals surface area contributed by atoms with Gasteiger partial charge in [-0.15, -0.1) is 11.6 Å². The van der Waals surface area contributed by atoms with E-state index in [0.717, 1.165) is 0 Å². The Morgan fingerprint density at radius 3 is 2.39 bits per heavy atom. The number of benzene rings is 1. The highest BCUT2D eigenvalue weighted by molar-refractivity contribution is 6.18. The maximum absolute atomic E-state index is 11.0. The molecule has 0 spiro atoms. The molecule has 0 aromatic heterocycles. The van der Waals surface area contributed by atoms with E-state index in [1.807, 2.05) is 0 Å². The lowest BCUT2D eigenvalue weighted by molar-refractivity contribution is -0.122.